The fraction of sp³-hybridized carbons (Fsp3) is 0.600. The van der Waals surface area contributed by atoms with Gasteiger partial charge in [-0.2, -0.15) is 0 Å². The zero-order chi connectivity index (χ0) is 10.1. The van der Waals surface area contributed by atoms with Gasteiger partial charge < -0.3 is 10.0 Å². The summed E-state index contributed by atoms with van der Waals surface area (Å²) in [5.74, 6) is 0.694. The van der Waals surface area contributed by atoms with E-state index in [1.807, 2.05) is 18.9 Å². The van der Waals surface area contributed by atoms with E-state index in [1.54, 1.807) is 12.4 Å². The molecule has 1 aliphatic carbocycles. The number of aromatic nitrogens is 2. The van der Waals surface area contributed by atoms with Crippen LogP contribution in [0.5, 0.6) is 0 Å². The number of likely N-dealkylation sites (N-methyl/N-ethyl adjacent to an activating group) is 1. The minimum absolute atomic E-state index is 0.192. The van der Waals surface area contributed by atoms with Crippen molar-refractivity contribution in [2.75, 3.05) is 11.9 Å². The van der Waals surface area contributed by atoms with Gasteiger partial charge in [0.05, 0.1) is 12.1 Å². The Morgan fingerprint density at radius 3 is 2.43 bits per heavy atom. The lowest BCUT2D eigenvalue weighted by atomic mass is 9.88. The summed E-state index contributed by atoms with van der Waals surface area (Å²) in [6.07, 6.45) is 5.29. The molecule has 1 aromatic rings. The van der Waals surface area contributed by atoms with E-state index in [9.17, 15) is 5.11 Å². The second-order valence-electron chi connectivity index (χ2n) is 3.88. The average Bonchev–Trinajstić information content (AvgIpc) is 2.16. The number of hydrogen-bond acceptors (Lipinski definition) is 4. The highest BCUT2D eigenvalue weighted by Crippen LogP contribution is 2.26. The molecule has 1 heterocycles. The molecule has 1 aromatic heterocycles. The second kappa shape index (κ2) is 3.53. The minimum Gasteiger partial charge on any atom is -0.391 e. The van der Waals surface area contributed by atoms with E-state index in [0.29, 0.717) is 5.95 Å². The highest BCUT2D eigenvalue weighted by molar-refractivity contribution is 5.31. The van der Waals surface area contributed by atoms with Gasteiger partial charge in [-0.05, 0) is 25.3 Å². The van der Waals surface area contributed by atoms with Crippen LogP contribution in [0.25, 0.3) is 0 Å². The number of aryl methyl sites for hydroxylation is 1. The molecule has 0 radical (unpaired) electrons. The molecule has 0 bridgehead atoms. The molecule has 0 amide bonds. The number of hydrogen-bond donors (Lipinski definition) is 1. The lowest BCUT2D eigenvalue weighted by molar-refractivity contribution is 0.0662. The van der Waals surface area contributed by atoms with Crippen LogP contribution in [-0.2, 0) is 0 Å². The van der Waals surface area contributed by atoms with Crippen LogP contribution >= 0.6 is 0 Å². The first-order chi connectivity index (χ1) is 6.68. The lowest BCUT2D eigenvalue weighted by Gasteiger charge is -2.39. The molecule has 2 atom stereocenters. The van der Waals surface area contributed by atoms with E-state index in [2.05, 4.69) is 9.97 Å². The molecule has 4 nitrogen and oxygen atoms in total. The van der Waals surface area contributed by atoms with Crippen molar-refractivity contribution in [1.29, 1.82) is 0 Å². The third kappa shape index (κ3) is 1.57. The number of aliphatic hydroxyl groups is 1. The molecule has 1 fully saturated rings. The van der Waals surface area contributed by atoms with Crippen LogP contribution in [0.3, 0.4) is 0 Å². The van der Waals surface area contributed by atoms with Crippen LogP contribution in [0.15, 0.2) is 12.4 Å². The van der Waals surface area contributed by atoms with Crippen molar-refractivity contribution in [3.63, 3.8) is 0 Å². The van der Waals surface area contributed by atoms with Gasteiger partial charge in [0.2, 0.25) is 5.95 Å². The van der Waals surface area contributed by atoms with Gasteiger partial charge in [0.25, 0.3) is 0 Å². The van der Waals surface area contributed by atoms with E-state index >= 15 is 0 Å². The standard InChI is InChI=1S/C10H15N3O/c1-7-5-11-10(12-6-7)13(2)8-3-4-9(8)14/h5-6,8-9,14H,3-4H2,1-2H3/t8-,9-/m1/s1. The highest BCUT2D eigenvalue weighted by Gasteiger charge is 2.33. The third-order valence-electron chi connectivity index (χ3n) is 2.78. The number of anilines is 1. The van der Waals surface area contributed by atoms with Crippen molar-refractivity contribution in [1.82, 2.24) is 9.97 Å². The fourth-order valence-electron chi connectivity index (χ4n) is 1.63. The Kier molecular flexibility index (Phi) is 2.37. The number of nitrogens with zero attached hydrogens (tertiary/aromatic N) is 3. The van der Waals surface area contributed by atoms with Crippen molar-refractivity contribution in [2.24, 2.45) is 0 Å². The summed E-state index contributed by atoms with van der Waals surface area (Å²) in [6, 6.07) is 0.192. The summed E-state index contributed by atoms with van der Waals surface area (Å²) < 4.78 is 0. The summed E-state index contributed by atoms with van der Waals surface area (Å²) in [4.78, 5) is 10.4. The largest absolute Gasteiger partial charge is 0.391 e. The molecule has 4 heteroatoms. The molecular formula is C10H15N3O. The summed E-state index contributed by atoms with van der Waals surface area (Å²) in [5.41, 5.74) is 1.05. The van der Waals surface area contributed by atoms with Gasteiger partial charge in [-0.15, -0.1) is 0 Å². The maximum absolute atomic E-state index is 9.50. The first-order valence-corrected chi connectivity index (χ1v) is 4.88. The summed E-state index contributed by atoms with van der Waals surface area (Å²) in [7, 11) is 1.93. The van der Waals surface area contributed by atoms with Gasteiger partial charge >= 0.3 is 0 Å². The quantitative estimate of drug-likeness (QED) is 0.752. The molecule has 76 valence electrons. The van der Waals surface area contributed by atoms with Gasteiger partial charge in [-0.3, -0.25) is 0 Å². The Morgan fingerprint density at radius 1 is 1.36 bits per heavy atom. The Bertz CT molecular complexity index is 312. The third-order valence-corrected chi connectivity index (χ3v) is 2.78. The molecule has 1 saturated carbocycles. The highest BCUT2D eigenvalue weighted by atomic mass is 16.3. The first kappa shape index (κ1) is 9.40. The van der Waals surface area contributed by atoms with Crippen LogP contribution < -0.4 is 4.90 Å². The van der Waals surface area contributed by atoms with Crippen LogP contribution in [0.2, 0.25) is 0 Å². The Hall–Kier alpha value is -1.16. The topological polar surface area (TPSA) is 49.2 Å². The van der Waals surface area contributed by atoms with E-state index in [-0.39, 0.29) is 12.1 Å². The van der Waals surface area contributed by atoms with Gasteiger partial charge in [-0.1, -0.05) is 0 Å². The summed E-state index contributed by atoms with van der Waals surface area (Å²) >= 11 is 0. The van der Waals surface area contributed by atoms with E-state index < -0.39 is 0 Å². The normalized spacial score (nSPS) is 25.6. The van der Waals surface area contributed by atoms with Gasteiger partial charge in [0.1, 0.15) is 0 Å². The average molecular weight is 193 g/mol. The molecule has 2 rings (SSSR count). The van der Waals surface area contributed by atoms with Crippen LogP contribution in [0, 0.1) is 6.92 Å². The van der Waals surface area contributed by atoms with E-state index in [1.165, 1.54) is 0 Å². The maximum Gasteiger partial charge on any atom is 0.225 e. The van der Waals surface area contributed by atoms with Crippen molar-refractivity contribution in [3.05, 3.63) is 18.0 Å². The Labute approximate surface area is 83.6 Å². The van der Waals surface area contributed by atoms with E-state index in [4.69, 9.17) is 0 Å². The Morgan fingerprint density at radius 2 is 2.00 bits per heavy atom. The number of aliphatic hydroxyl groups excluding tert-OH is 1. The predicted molar refractivity (Wildman–Crippen MR) is 54.2 cm³/mol. The molecule has 1 N–H and O–H groups in total. The summed E-state index contributed by atoms with van der Waals surface area (Å²) in [5, 5.41) is 9.50. The molecule has 0 unspecified atom stereocenters. The van der Waals surface area contributed by atoms with Crippen molar-refractivity contribution in [3.8, 4) is 0 Å². The van der Waals surface area contributed by atoms with Crippen molar-refractivity contribution in [2.45, 2.75) is 31.9 Å². The predicted octanol–water partition coefficient (Wildman–Crippen LogP) is 0.745. The van der Waals surface area contributed by atoms with Crippen LogP contribution in [0.1, 0.15) is 18.4 Å². The van der Waals surface area contributed by atoms with E-state index in [0.717, 1.165) is 18.4 Å². The lowest BCUT2D eigenvalue weighted by Crippen LogP contribution is -2.49. The second-order valence-corrected chi connectivity index (χ2v) is 3.88. The molecular weight excluding hydrogens is 178 g/mol. The van der Waals surface area contributed by atoms with Gasteiger partial charge in [0, 0.05) is 19.4 Å². The molecule has 0 saturated heterocycles. The van der Waals surface area contributed by atoms with Gasteiger partial charge in [-0.25, -0.2) is 9.97 Å². The maximum atomic E-state index is 9.50. The SMILES string of the molecule is Cc1cnc(N(C)[C@@H]2CC[C@H]2O)nc1. The zero-order valence-electron chi connectivity index (χ0n) is 8.51. The molecule has 0 aliphatic heterocycles. The fourth-order valence-corrected chi connectivity index (χ4v) is 1.63. The van der Waals surface area contributed by atoms with Gasteiger partial charge in [0.15, 0.2) is 0 Å². The van der Waals surface area contributed by atoms with Crippen molar-refractivity contribution >= 4 is 5.95 Å². The molecule has 1 aliphatic rings. The zero-order valence-corrected chi connectivity index (χ0v) is 8.51. The number of rotatable bonds is 2. The first-order valence-electron chi connectivity index (χ1n) is 4.88. The van der Waals surface area contributed by atoms with Crippen LogP contribution in [-0.4, -0.2) is 34.3 Å². The smallest absolute Gasteiger partial charge is 0.225 e. The Balaban J connectivity index is 2.10. The summed E-state index contributed by atoms with van der Waals surface area (Å²) in [6.45, 7) is 1.96. The minimum atomic E-state index is -0.218. The van der Waals surface area contributed by atoms with Crippen molar-refractivity contribution < 1.29 is 5.11 Å². The van der Waals surface area contributed by atoms with Crippen LogP contribution in [0.4, 0.5) is 5.95 Å². The monoisotopic (exact) mass is 193 g/mol. The molecule has 14 heavy (non-hydrogen) atoms. The molecule has 0 spiro atoms. The molecule has 0 aromatic carbocycles.